The van der Waals surface area contributed by atoms with E-state index in [9.17, 15) is 33.9 Å². The smallest absolute Gasteiger partial charge is 0.411 e. The van der Waals surface area contributed by atoms with Gasteiger partial charge in [0.2, 0.25) is 17.7 Å². The topological polar surface area (TPSA) is 309 Å². The second kappa shape index (κ2) is 32.4. The number of pyridine rings is 2. The molecule has 25 nitrogen and oxygen atoms in total. The number of halogens is 3. The Bertz CT molecular complexity index is 3830. The van der Waals surface area contributed by atoms with E-state index in [0.717, 1.165) is 44.6 Å². The number of carboxylic acids is 1. The van der Waals surface area contributed by atoms with Crippen molar-refractivity contribution >= 4 is 70.9 Å². The van der Waals surface area contributed by atoms with E-state index in [1.54, 1.807) is 104 Å². The van der Waals surface area contributed by atoms with Crippen LogP contribution in [0.1, 0.15) is 115 Å². The average Bonchev–Trinajstić information content (AvgIpc) is 0.994. The largest absolute Gasteiger partial charge is 0.480 e. The molecule has 0 unspecified atom stereocenters. The Hall–Kier alpha value is -9.43. The van der Waals surface area contributed by atoms with Gasteiger partial charge in [-0.05, 0) is 219 Å². The van der Waals surface area contributed by atoms with E-state index in [1.165, 1.54) is 31.8 Å². The van der Waals surface area contributed by atoms with Gasteiger partial charge in [-0.15, -0.1) is 10.2 Å². The highest BCUT2D eigenvalue weighted by atomic mass is 35.5. The molecule has 5 N–H and O–H groups in total. The zero-order valence-corrected chi connectivity index (χ0v) is 55.5. The van der Waals surface area contributed by atoms with Gasteiger partial charge in [0, 0.05) is 61.0 Å². The van der Waals surface area contributed by atoms with Crippen molar-refractivity contribution in [2.75, 3.05) is 13.1 Å². The van der Waals surface area contributed by atoms with Gasteiger partial charge in [0.15, 0.2) is 0 Å². The molecule has 10 rings (SSSR count). The number of hydrogen-bond acceptors (Lipinski definition) is 17. The lowest BCUT2D eigenvalue weighted by Crippen LogP contribution is -2.57. The van der Waals surface area contributed by atoms with Crippen molar-refractivity contribution in [3.8, 4) is 33.6 Å². The molecule has 494 valence electrons. The Balaban J connectivity index is 0.000000200. The number of benzene rings is 4. The third-order valence-corrected chi connectivity index (χ3v) is 16.1. The molecule has 0 saturated carbocycles. The number of carbonyl (C=O) groups is 6. The van der Waals surface area contributed by atoms with Gasteiger partial charge in [0.1, 0.15) is 42.0 Å². The van der Waals surface area contributed by atoms with E-state index in [1.807, 2.05) is 73.1 Å². The zero-order valence-electron chi connectivity index (χ0n) is 53.2. The minimum absolute atomic E-state index is 0.0223. The molecule has 0 radical (unpaired) electrons. The van der Waals surface area contributed by atoms with Crippen LogP contribution >= 0.6 is 35.0 Å². The molecular formula is C66H75Cl3N16O9. The lowest BCUT2D eigenvalue weighted by atomic mass is 9.84. The molecule has 6 atom stereocenters. The summed E-state index contributed by atoms with van der Waals surface area (Å²) in [5.41, 5.74) is 7.81. The highest BCUT2D eigenvalue weighted by Crippen LogP contribution is 2.36. The van der Waals surface area contributed by atoms with Gasteiger partial charge in [-0.25, -0.2) is 28.6 Å². The van der Waals surface area contributed by atoms with Gasteiger partial charge >= 0.3 is 18.2 Å². The molecule has 4 aromatic heterocycles. The van der Waals surface area contributed by atoms with Crippen LogP contribution in [0.15, 0.2) is 147 Å². The van der Waals surface area contributed by atoms with Gasteiger partial charge in [0.05, 0.1) is 17.4 Å². The fourth-order valence-corrected chi connectivity index (χ4v) is 11.0. The van der Waals surface area contributed by atoms with Gasteiger partial charge < -0.3 is 30.5 Å². The minimum atomic E-state index is -0.998. The fourth-order valence-electron chi connectivity index (χ4n) is 10.5. The monoisotopic (exact) mass is 1340 g/mol. The molecule has 0 spiro atoms. The normalized spacial score (nSPS) is 16.9. The molecule has 5 amide bonds. The third kappa shape index (κ3) is 19.8. The van der Waals surface area contributed by atoms with Crippen molar-refractivity contribution in [3.63, 3.8) is 0 Å². The van der Waals surface area contributed by atoms with Crippen LogP contribution in [0.2, 0.25) is 10.0 Å². The predicted molar refractivity (Wildman–Crippen MR) is 352 cm³/mol. The van der Waals surface area contributed by atoms with Crippen molar-refractivity contribution in [1.82, 2.24) is 81.0 Å². The quantitative estimate of drug-likeness (QED) is 0.0562. The summed E-state index contributed by atoms with van der Waals surface area (Å²) in [7, 11) is 0. The Kier molecular flexibility index (Phi) is 24.3. The number of rotatable bonds is 16. The number of carbonyl (C=O) groups excluding carboxylic acids is 5. The zero-order chi connectivity index (χ0) is 67.7. The highest BCUT2D eigenvalue weighted by molar-refractivity contribution is 6.31. The number of nitrogens with zero attached hydrogens (tertiary/aromatic N) is 12. The van der Waals surface area contributed by atoms with Gasteiger partial charge in [-0.1, -0.05) is 83.9 Å². The van der Waals surface area contributed by atoms with Gasteiger partial charge in [0.25, 0.3) is 0 Å². The first-order chi connectivity index (χ1) is 44.8. The van der Waals surface area contributed by atoms with Crippen LogP contribution in [0, 0.1) is 0 Å². The predicted octanol–water partition coefficient (Wildman–Crippen LogP) is 10.1. The Morgan fingerprint density at radius 1 is 0.585 bits per heavy atom. The number of nitrogens with one attached hydrogen (secondary N) is 4. The molecule has 0 bridgehead atoms. The summed E-state index contributed by atoms with van der Waals surface area (Å²) >= 11 is 17.6. The fraction of sp³-hybridized carbons (Fsp3) is 0.364. The second-order valence-electron chi connectivity index (χ2n) is 24.4. The van der Waals surface area contributed by atoms with E-state index in [4.69, 9.17) is 44.5 Å². The molecule has 2 aliphatic rings. The molecule has 94 heavy (non-hydrogen) atoms. The van der Waals surface area contributed by atoms with E-state index < -0.39 is 65.3 Å². The number of aromatic nitrogens is 10. The molecule has 2 saturated heterocycles. The van der Waals surface area contributed by atoms with Crippen LogP contribution in [0.5, 0.6) is 0 Å². The lowest BCUT2D eigenvalue weighted by Gasteiger charge is -2.39. The Morgan fingerprint density at radius 2 is 1.01 bits per heavy atom. The maximum Gasteiger partial charge on any atom is 0.411 e. The highest BCUT2D eigenvalue weighted by Gasteiger charge is 2.41. The molecular weight excluding hydrogens is 1270 g/mol. The SMILES string of the molecule is CC(C)(C)OC(=O)N1CC[C@H](c2ccc(-c3cccnc3)cc2)C[C@@H]1C(=O)O.C[C@H](NC(=O)[C@H]1C[C@@H](c2ccc(-c3cccnc3)cc2)CCN1C(=O)OC(C)(C)C)C(=O)NCc1cc(Cl)ccc1-n1cnnn1.C[C@H](NCl)C(=O)NCc1cc(Cl)ccc1-n1cnnn1. The Labute approximate surface area is 559 Å². The van der Waals surface area contributed by atoms with Crippen LogP contribution in [-0.2, 0) is 41.7 Å². The van der Waals surface area contributed by atoms with E-state index in [0.29, 0.717) is 60.1 Å². The van der Waals surface area contributed by atoms with Crippen molar-refractivity contribution in [2.24, 2.45) is 0 Å². The van der Waals surface area contributed by atoms with Crippen LogP contribution in [0.4, 0.5) is 9.59 Å². The summed E-state index contributed by atoms with van der Waals surface area (Å²) in [5, 5.41) is 41.4. The van der Waals surface area contributed by atoms with Crippen LogP contribution < -0.4 is 20.8 Å². The summed E-state index contributed by atoms with van der Waals surface area (Å²) < 4.78 is 14.0. The first-order valence-corrected chi connectivity index (χ1v) is 31.5. The summed E-state index contributed by atoms with van der Waals surface area (Å²) in [6.07, 6.45) is 11.0. The third-order valence-electron chi connectivity index (χ3n) is 15.3. The number of tetrazole rings is 2. The Morgan fingerprint density at radius 3 is 1.39 bits per heavy atom. The van der Waals surface area contributed by atoms with Gasteiger partial charge in [-0.3, -0.25) is 34.2 Å². The molecule has 4 aromatic carbocycles. The lowest BCUT2D eigenvalue weighted by molar-refractivity contribution is -0.144. The molecule has 8 aromatic rings. The van der Waals surface area contributed by atoms with E-state index in [2.05, 4.69) is 73.9 Å². The second-order valence-corrected chi connectivity index (χ2v) is 25.5. The van der Waals surface area contributed by atoms with Crippen molar-refractivity contribution in [3.05, 3.63) is 179 Å². The summed E-state index contributed by atoms with van der Waals surface area (Å²) in [5.74, 6) is -1.94. The standard InChI is InChI=1S/C33H37ClN8O4.C22H26N2O4.C11H12Cl2N6O/c1-21(30(43)36-19-26-16-27(34)11-12-28(26)42-20-37-39-40-42)38-31(44)29-17-24(13-15-41(29)32(45)46-33(2,3)4)22-7-9-23(10-8-22)25-6-5-14-35-18-25;1-22(2,3)28-21(27)24-12-10-17(13-19(24)20(25)26)15-6-8-16(9-7-15)18-5-4-11-23-14-18;1-7(16-13)11(20)14-5-8-4-9(12)2-3-10(8)19-6-15-17-18-19/h5-12,14,16,18,20-21,24,29H,13,15,17,19H2,1-4H3,(H,36,43)(H,38,44);4-9,11,14,17,19H,10,12-13H2,1-3H3,(H,25,26);2-4,6-7,16H,5H2,1H3,(H,14,20)/t21-,24-,29+;17-,19+;7-/m000/s1. The minimum Gasteiger partial charge on any atom is -0.480 e. The molecule has 2 fully saturated rings. The first kappa shape index (κ1) is 70.4. The number of ether oxygens (including phenoxy) is 2. The van der Waals surface area contributed by atoms with Crippen LogP contribution in [0.25, 0.3) is 33.6 Å². The number of piperidine rings is 2. The van der Waals surface area contributed by atoms with Crippen molar-refractivity contribution in [2.45, 2.75) is 141 Å². The average molecular weight is 1340 g/mol. The van der Waals surface area contributed by atoms with Gasteiger partial charge in [-0.2, -0.15) is 0 Å². The molecule has 6 heterocycles. The van der Waals surface area contributed by atoms with Crippen LogP contribution in [-0.4, -0.2) is 150 Å². The maximum atomic E-state index is 13.7. The number of amides is 5. The summed E-state index contributed by atoms with van der Waals surface area (Å²) in [6.45, 7) is 15.0. The summed E-state index contributed by atoms with van der Waals surface area (Å²) in [4.78, 5) is 89.5. The number of aliphatic carboxylic acids is 1. The summed E-state index contributed by atoms with van der Waals surface area (Å²) in [6, 6.07) is 31.5. The molecule has 0 aliphatic carbocycles. The van der Waals surface area contributed by atoms with Crippen molar-refractivity contribution in [1.29, 1.82) is 0 Å². The number of likely N-dealkylation sites (tertiary alicyclic amines) is 2. The number of carboxylic acid groups (broad SMARTS) is 1. The first-order valence-electron chi connectivity index (χ1n) is 30.3. The van der Waals surface area contributed by atoms with E-state index >= 15 is 0 Å². The van der Waals surface area contributed by atoms with Crippen molar-refractivity contribution < 1.29 is 43.3 Å². The molecule has 28 heteroatoms. The van der Waals surface area contributed by atoms with E-state index in [-0.39, 0.29) is 30.8 Å². The molecule has 2 aliphatic heterocycles. The number of hydrogen-bond donors (Lipinski definition) is 5. The van der Waals surface area contributed by atoms with Crippen LogP contribution in [0.3, 0.4) is 0 Å². The maximum absolute atomic E-state index is 13.7.